The Labute approximate surface area is 147 Å². The minimum atomic E-state index is -3.80. The van der Waals surface area contributed by atoms with Gasteiger partial charge in [-0.05, 0) is 37.5 Å². The molecule has 1 atom stereocenters. The summed E-state index contributed by atoms with van der Waals surface area (Å²) in [7, 11) is -3.80. The van der Waals surface area contributed by atoms with Crippen molar-refractivity contribution < 1.29 is 12.9 Å². The third kappa shape index (κ3) is 3.50. The summed E-state index contributed by atoms with van der Waals surface area (Å²) in [5.41, 5.74) is 3.13. The lowest BCUT2D eigenvalue weighted by Crippen LogP contribution is -2.30. The van der Waals surface area contributed by atoms with E-state index in [1.165, 1.54) is 0 Å². The predicted octanol–water partition coefficient (Wildman–Crippen LogP) is 3.67. The summed E-state index contributed by atoms with van der Waals surface area (Å²) in [5.74, 6) is 0.279. The summed E-state index contributed by atoms with van der Waals surface area (Å²) in [6.07, 6.45) is 0. The molecular formula is C19H20N2O3S. The van der Waals surface area contributed by atoms with Crippen LogP contribution < -0.4 is 4.72 Å². The third-order valence-electron chi connectivity index (χ3n) is 4.14. The van der Waals surface area contributed by atoms with Crippen LogP contribution in [0.5, 0.6) is 0 Å². The van der Waals surface area contributed by atoms with Crippen molar-refractivity contribution in [3.63, 3.8) is 0 Å². The zero-order valence-corrected chi connectivity index (χ0v) is 15.2. The van der Waals surface area contributed by atoms with Crippen LogP contribution >= 0.6 is 0 Å². The van der Waals surface area contributed by atoms with Gasteiger partial charge in [0.1, 0.15) is 10.6 Å². The molecule has 5 nitrogen and oxygen atoms in total. The Morgan fingerprint density at radius 3 is 2.20 bits per heavy atom. The summed E-state index contributed by atoms with van der Waals surface area (Å²) < 4.78 is 33.8. The molecule has 0 aliphatic carbocycles. The van der Waals surface area contributed by atoms with Gasteiger partial charge in [0.25, 0.3) is 0 Å². The van der Waals surface area contributed by atoms with Crippen LogP contribution in [-0.2, 0) is 10.0 Å². The first kappa shape index (κ1) is 17.4. The fourth-order valence-electron chi connectivity index (χ4n) is 2.94. The Morgan fingerprint density at radius 1 is 0.960 bits per heavy atom. The molecule has 0 amide bonds. The molecule has 1 aromatic heterocycles. The van der Waals surface area contributed by atoms with Crippen LogP contribution in [0.1, 0.15) is 34.2 Å². The second kappa shape index (κ2) is 6.82. The van der Waals surface area contributed by atoms with Gasteiger partial charge in [-0.25, -0.2) is 8.42 Å². The molecule has 0 aliphatic heterocycles. The number of nitrogens with zero attached hydrogens (tertiary/aromatic N) is 1. The Kier molecular flexibility index (Phi) is 4.74. The first-order chi connectivity index (χ1) is 11.9. The van der Waals surface area contributed by atoms with E-state index >= 15 is 0 Å². The van der Waals surface area contributed by atoms with E-state index < -0.39 is 16.1 Å². The number of hydrogen-bond donors (Lipinski definition) is 1. The molecule has 0 radical (unpaired) electrons. The van der Waals surface area contributed by atoms with Crippen LogP contribution in [-0.4, -0.2) is 13.6 Å². The molecule has 6 heteroatoms. The van der Waals surface area contributed by atoms with Gasteiger partial charge in [0.05, 0.1) is 6.04 Å². The smallest absolute Gasteiger partial charge is 0.246 e. The molecule has 3 rings (SSSR count). The monoisotopic (exact) mass is 356 g/mol. The number of rotatable bonds is 5. The molecule has 0 aliphatic rings. The topological polar surface area (TPSA) is 72.2 Å². The largest absolute Gasteiger partial charge is 0.360 e. The Morgan fingerprint density at radius 2 is 1.60 bits per heavy atom. The fourth-order valence-corrected chi connectivity index (χ4v) is 4.47. The Hall–Kier alpha value is -2.44. The van der Waals surface area contributed by atoms with Crippen molar-refractivity contribution in [3.8, 4) is 0 Å². The average Bonchev–Trinajstić information content (AvgIpc) is 2.94. The number of aromatic nitrogens is 1. The molecule has 1 heterocycles. The predicted molar refractivity (Wildman–Crippen MR) is 95.8 cm³/mol. The summed E-state index contributed by atoms with van der Waals surface area (Å²) in [6.45, 7) is 5.19. The number of nitrogens with one attached hydrogen (secondary N) is 1. The normalized spacial score (nSPS) is 12.9. The van der Waals surface area contributed by atoms with E-state index in [0.29, 0.717) is 5.69 Å². The quantitative estimate of drug-likeness (QED) is 0.757. The summed E-state index contributed by atoms with van der Waals surface area (Å²) in [6, 6.07) is 16.8. The highest BCUT2D eigenvalue weighted by Gasteiger charge is 2.29. The molecule has 0 saturated carbocycles. The standard InChI is InChI=1S/C19H20N2O3S/c1-13-9-7-8-12-17(13)18(16-10-5-4-6-11-16)21-25(22,23)19-14(2)20-24-15(19)3/h4-12,18,21H,1-3H3/t18-/m0/s1. The van der Waals surface area contributed by atoms with Gasteiger partial charge in [-0.3, -0.25) is 0 Å². The maximum absolute atomic E-state index is 13.0. The van der Waals surface area contributed by atoms with Crippen molar-refractivity contribution in [2.75, 3.05) is 0 Å². The molecule has 0 spiro atoms. The Bertz CT molecular complexity index is 959. The van der Waals surface area contributed by atoms with Crippen molar-refractivity contribution in [1.82, 2.24) is 9.88 Å². The van der Waals surface area contributed by atoms with E-state index in [2.05, 4.69) is 9.88 Å². The van der Waals surface area contributed by atoms with Crippen molar-refractivity contribution in [2.24, 2.45) is 0 Å². The Balaban J connectivity index is 2.09. The molecule has 3 aromatic rings. The summed E-state index contributed by atoms with van der Waals surface area (Å²) >= 11 is 0. The van der Waals surface area contributed by atoms with E-state index in [9.17, 15) is 8.42 Å². The highest BCUT2D eigenvalue weighted by atomic mass is 32.2. The van der Waals surface area contributed by atoms with Crippen molar-refractivity contribution in [1.29, 1.82) is 0 Å². The van der Waals surface area contributed by atoms with Crippen molar-refractivity contribution in [2.45, 2.75) is 31.7 Å². The minimum absolute atomic E-state index is 0.0991. The number of hydrogen-bond acceptors (Lipinski definition) is 4. The molecule has 1 N–H and O–H groups in total. The summed E-state index contributed by atoms with van der Waals surface area (Å²) in [5, 5.41) is 3.76. The van der Waals surface area contributed by atoms with Crippen LogP contribution in [0, 0.1) is 20.8 Å². The minimum Gasteiger partial charge on any atom is -0.360 e. The van der Waals surface area contributed by atoms with Crippen LogP contribution in [0.4, 0.5) is 0 Å². The number of sulfonamides is 1. The lowest BCUT2D eigenvalue weighted by Gasteiger charge is -2.21. The van der Waals surface area contributed by atoms with E-state index in [0.717, 1.165) is 16.7 Å². The van der Waals surface area contributed by atoms with Crippen LogP contribution in [0.3, 0.4) is 0 Å². The first-order valence-electron chi connectivity index (χ1n) is 7.96. The van der Waals surface area contributed by atoms with Gasteiger partial charge in [-0.1, -0.05) is 59.8 Å². The molecule has 0 unspecified atom stereocenters. The SMILES string of the molecule is Cc1ccccc1[C@@H](NS(=O)(=O)c1c(C)noc1C)c1ccccc1. The van der Waals surface area contributed by atoms with E-state index in [1.807, 2.05) is 61.5 Å². The van der Waals surface area contributed by atoms with E-state index in [1.54, 1.807) is 13.8 Å². The van der Waals surface area contributed by atoms with Gasteiger partial charge >= 0.3 is 0 Å². The van der Waals surface area contributed by atoms with E-state index in [-0.39, 0.29) is 10.7 Å². The average molecular weight is 356 g/mol. The lowest BCUT2D eigenvalue weighted by atomic mass is 9.96. The number of aryl methyl sites for hydroxylation is 3. The van der Waals surface area contributed by atoms with Gasteiger partial charge in [0, 0.05) is 0 Å². The van der Waals surface area contributed by atoms with Crippen LogP contribution in [0.25, 0.3) is 0 Å². The molecule has 0 fully saturated rings. The second-order valence-electron chi connectivity index (χ2n) is 5.97. The van der Waals surface area contributed by atoms with Gasteiger partial charge in [-0.2, -0.15) is 4.72 Å². The highest BCUT2D eigenvalue weighted by molar-refractivity contribution is 7.89. The van der Waals surface area contributed by atoms with Crippen molar-refractivity contribution >= 4 is 10.0 Å². The zero-order valence-electron chi connectivity index (χ0n) is 14.4. The lowest BCUT2D eigenvalue weighted by molar-refractivity contribution is 0.390. The molecule has 2 aromatic carbocycles. The van der Waals surface area contributed by atoms with Gasteiger partial charge in [-0.15, -0.1) is 0 Å². The fraction of sp³-hybridized carbons (Fsp3) is 0.211. The molecule has 0 bridgehead atoms. The highest BCUT2D eigenvalue weighted by Crippen LogP contribution is 2.28. The maximum Gasteiger partial charge on any atom is 0.246 e. The van der Waals surface area contributed by atoms with Gasteiger partial charge in [0.15, 0.2) is 5.76 Å². The molecule has 130 valence electrons. The third-order valence-corrected chi connectivity index (χ3v) is 5.81. The van der Waals surface area contributed by atoms with Crippen LogP contribution in [0.2, 0.25) is 0 Å². The maximum atomic E-state index is 13.0. The number of benzene rings is 2. The molecular weight excluding hydrogens is 336 g/mol. The van der Waals surface area contributed by atoms with Crippen LogP contribution in [0.15, 0.2) is 64.0 Å². The summed E-state index contributed by atoms with van der Waals surface area (Å²) in [4.78, 5) is 0.0991. The zero-order chi connectivity index (χ0) is 18.0. The van der Waals surface area contributed by atoms with Gasteiger partial charge < -0.3 is 4.52 Å². The second-order valence-corrected chi connectivity index (χ2v) is 7.63. The van der Waals surface area contributed by atoms with E-state index in [4.69, 9.17) is 4.52 Å². The van der Waals surface area contributed by atoms with Gasteiger partial charge in [0.2, 0.25) is 10.0 Å². The van der Waals surface area contributed by atoms with Crippen molar-refractivity contribution in [3.05, 3.63) is 82.7 Å². The first-order valence-corrected chi connectivity index (χ1v) is 9.44. The molecule has 0 saturated heterocycles. The molecule has 25 heavy (non-hydrogen) atoms.